The fourth-order valence-electron chi connectivity index (χ4n) is 2.67. The molecule has 4 rings (SSSR count). The van der Waals surface area contributed by atoms with Crippen molar-refractivity contribution in [3.8, 4) is 17.7 Å². The van der Waals surface area contributed by atoms with Crippen LogP contribution in [0.1, 0.15) is 15.2 Å². The first kappa shape index (κ1) is 19.9. The standard InChI is InChI=1S/C22H16N6O2S/c23-13-16-17(24)12-19(28-22(16)30-15-4-2-1-3-5-15)27-20-7-6-18(31-20)21(29)26-14-8-10-25-11-9-14/h1-12H,(H3,24,27,28)(H,25,26,29). The van der Waals surface area contributed by atoms with Gasteiger partial charge in [-0.15, -0.1) is 11.3 Å². The molecule has 0 spiro atoms. The second kappa shape index (κ2) is 8.94. The number of nitriles is 1. The van der Waals surface area contributed by atoms with Crippen molar-refractivity contribution in [2.75, 3.05) is 16.4 Å². The number of nitrogens with zero attached hydrogens (tertiary/aromatic N) is 3. The molecule has 0 unspecified atom stereocenters. The van der Waals surface area contributed by atoms with Gasteiger partial charge in [-0.1, -0.05) is 18.2 Å². The third kappa shape index (κ3) is 4.77. The Balaban J connectivity index is 1.53. The van der Waals surface area contributed by atoms with Crippen molar-refractivity contribution in [2.45, 2.75) is 0 Å². The molecule has 3 aromatic heterocycles. The van der Waals surface area contributed by atoms with Crippen molar-refractivity contribution in [3.63, 3.8) is 0 Å². The van der Waals surface area contributed by atoms with Crippen molar-refractivity contribution in [1.82, 2.24) is 9.97 Å². The fourth-order valence-corrected chi connectivity index (χ4v) is 3.48. The van der Waals surface area contributed by atoms with Gasteiger partial charge in [0.15, 0.2) is 0 Å². The monoisotopic (exact) mass is 428 g/mol. The van der Waals surface area contributed by atoms with Gasteiger partial charge in [0.25, 0.3) is 5.91 Å². The number of pyridine rings is 2. The fraction of sp³-hybridized carbons (Fsp3) is 0. The number of rotatable bonds is 6. The van der Waals surface area contributed by atoms with Crippen LogP contribution in [0, 0.1) is 11.3 Å². The number of aromatic nitrogens is 2. The summed E-state index contributed by atoms with van der Waals surface area (Å²) in [6.45, 7) is 0. The van der Waals surface area contributed by atoms with Crippen LogP contribution in [0.15, 0.2) is 73.1 Å². The first-order valence-corrected chi connectivity index (χ1v) is 9.96. The van der Waals surface area contributed by atoms with Crippen LogP contribution in [-0.2, 0) is 0 Å². The number of carbonyl (C=O) groups excluding carboxylic acids is 1. The summed E-state index contributed by atoms with van der Waals surface area (Å²) in [5.74, 6) is 0.799. The maximum atomic E-state index is 12.4. The van der Waals surface area contributed by atoms with Crippen LogP contribution >= 0.6 is 11.3 Å². The topological polar surface area (TPSA) is 126 Å². The molecule has 0 aliphatic carbocycles. The Bertz CT molecular complexity index is 1250. The Morgan fingerprint density at radius 1 is 1.10 bits per heavy atom. The minimum absolute atomic E-state index is 0.100. The Kier molecular flexibility index (Phi) is 5.73. The van der Waals surface area contributed by atoms with E-state index in [1.54, 1.807) is 54.9 Å². The summed E-state index contributed by atoms with van der Waals surface area (Å²) >= 11 is 1.26. The highest BCUT2D eigenvalue weighted by Crippen LogP contribution is 2.32. The maximum absolute atomic E-state index is 12.4. The predicted molar refractivity (Wildman–Crippen MR) is 120 cm³/mol. The van der Waals surface area contributed by atoms with Gasteiger partial charge in [0.05, 0.1) is 15.6 Å². The zero-order chi connectivity index (χ0) is 21.6. The number of thiophene rings is 1. The van der Waals surface area contributed by atoms with Crippen LogP contribution in [0.3, 0.4) is 0 Å². The van der Waals surface area contributed by atoms with Gasteiger partial charge in [-0.3, -0.25) is 9.78 Å². The normalized spacial score (nSPS) is 10.2. The first-order valence-electron chi connectivity index (χ1n) is 9.14. The minimum atomic E-state index is -0.232. The van der Waals surface area contributed by atoms with Crippen LogP contribution in [-0.4, -0.2) is 15.9 Å². The average Bonchev–Trinajstić information content (AvgIpc) is 3.24. The molecule has 1 amide bonds. The first-order chi connectivity index (χ1) is 15.1. The summed E-state index contributed by atoms with van der Waals surface area (Å²) in [6.07, 6.45) is 3.21. The molecule has 152 valence electrons. The molecule has 0 aliphatic rings. The Labute approximate surface area is 182 Å². The van der Waals surface area contributed by atoms with Gasteiger partial charge in [0.1, 0.15) is 23.2 Å². The van der Waals surface area contributed by atoms with Crippen molar-refractivity contribution >= 4 is 39.4 Å². The molecule has 0 saturated carbocycles. The van der Waals surface area contributed by atoms with Crippen LogP contribution in [0.25, 0.3) is 0 Å². The van der Waals surface area contributed by atoms with E-state index in [0.717, 1.165) is 0 Å². The summed E-state index contributed by atoms with van der Waals surface area (Å²) < 4.78 is 5.75. The lowest BCUT2D eigenvalue weighted by Gasteiger charge is -2.11. The summed E-state index contributed by atoms with van der Waals surface area (Å²) in [7, 11) is 0. The number of anilines is 4. The van der Waals surface area contributed by atoms with Gasteiger partial charge in [-0.25, -0.2) is 0 Å². The molecule has 1 aromatic carbocycles. The summed E-state index contributed by atoms with van der Waals surface area (Å²) in [5, 5.41) is 16.0. The van der Waals surface area contributed by atoms with Gasteiger partial charge in [0.2, 0.25) is 5.88 Å². The highest BCUT2D eigenvalue weighted by atomic mass is 32.1. The molecule has 9 heteroatoms. The number of carbonyl (C=O) groups is 1. The Morgan fingerprint density at radius 2 is 1.87 bits per heavy atom. The molecule has 0 radical (unpaired) electrons. The van der Waals surface area contributed by atoms with Crippen LogP contribution in [0.4, 0.5) is 22.2 Å². The largest absolute Gasteiger partial charge is 0.438 e. The second-order valence-electron chi connectivity index (χ2n) is 6.28. The van der Waals surface area contributed by atoms with E-state index in [9.17, 15) is 10.1 Å². The van der Waals surface area contributed by atoms with E-state index >= 15 is 0 Å². The van der Waals surface area contributed by atoms with E-state index < -0.39 is 0 Å². The molecule has 4 N–H and O–H groups in total. The third-order valence-electron chi connectivity index (χ3n) is 4.11. The van der Waals surface area contributed by atoms with Crippen molar-refractivity contribution in [1.29, 1.82) is 5.26 Å². The summed E-state index contributed by atoms with van der Waals surface area (Å²) in [6, 6.07) is 19.5. The number of hydrogen-bond donors (Lipinski definition) is 3. The highest BCUT2D eigenvalue weighted by Gasteiger charge is 2.15. The summed E-state index contributed by atoms with van der Waals surface area (Å²) in [5.41, 5.74) is 7.08. The maximum Gasteiger partial charge on any atom is 0.265 e. The molecular weight excluding hydrogens is 412 g/mol. The molecule has 0 saturated heterocycles. The van der Waals surface area contributed by atoms with Gasteiger partial charge in [-0.2, -0.15) is 10.2 Å². The third-order valence-corrected chi connectivity index (χ3v) is 5.10. The average molecular weight is 428 g/mol. The van der Waals surface area contributed by atoms with Gasteiger partial charge >= 0.3 is 0 Å². The van der Waals surface area contributed by atoms with E-state index in [2.05, 4.69) is 20.6 Å². The number of nitrogens with one attached hydrogen (secondary N) is 2. The molecule has 0 aliphatic heterocycles. The molecule has 3 heterocycles. The Morgan fingerprint density at radius 3 is 2.61 bits per heavy atom. The number of ether oxygens (including phenoxy) is 1. The zero-order valence-corrected chi connectivity index (χ0v) is 16.9. The molecule has 8 nitrogen and oxygen atoms in total. The number of para-hydroxylation sites is 1. The van der Waals surface area contributed by atoms with Gasteiger partial charge in [0, 0.05) is 24.1 Å². The number of amides is 1. The molecule has 0 atom stereocenters. The molecular formula is C22H16N6O2S. The lowest BCUT2D eigenvalue weighted by Crippen LogP contribution is -2.09. The molecule has 0 fully saturated rings. The zero-order valence-electron chi connectivity index (χ0n) is 16.1. The molecule has 4 aromatic rings. The molecule has 0 bridgehead atoms. The van der Waals surface area contributed by atoms with E-state index in [1.807, 2.05) is 24.3 Å². The van der Waals surface area contributed by atoms with Gasteiger partial charge < -0.3 is 21.1 Å². The van der Waals surface area contributed by atoms with Crippen molar-refractivity contribution < 1.29 is 9.53 Å². The lowest BCUT2D eigenvalue weighted by molar-refractivity contribution is 0.103. The minimum Gasteiger partial charge on any atom is -0.438 e. The smallest absolute Gasteiger partial charge is 0.265 e. The number of benzene rings is 1. The number of hydrogen-bond acceptors (Lipinski definition) is 8. The summed E-state index contributed by atoms with van der Waals surface area (Å²) in [4.78, 5) is 21.3. The quantitative estimate of drug-likeness (QED) is 0.403. The SMILES string of the molecule is N#Cc1c(N)cc(Nc2ccc(C(=O)Nc3ccncc3)s2)nc1Oc1ccccc1. The lowest BCUT2D eigenvalue weighted by atomic mass is 10.2. The predicted octanol–water partition coefficient (Wildman–Crippen LogP) is 4.78. The van der Waals surface area contributed by atoms with E-state index in [4.69, 9.17) is 10.5 Å². The highest BCUT2D eigenvalue weighted by molar-refractivity contribution is 7.18. The van der Waals surface area contributed by atoms with Crippen LogP contribution in [0.5, 0.6) is 11.6 Å². The number of nitrogens with two attached hydrogens (primary N) is 1. The van der Waals surface area contributed by atoms with Crippen molar-refractivity contribution in [3.05, 3.63) is 83.5 Å². The van der Waals surface area contributed by atoms with Crippen LogP contribution < -0.4 is 21.1 Å². The molecule has 31 heavy (non-hydrogen) atoms. The van der Waals surface area contributed by atoms with E-state index in [1.165, 1.54) is 11.3 Å². The van der Waals surface area contributed by atoms with Gasteiger partial charge in [-0.05, 0) is 36.4 Å². The Hall–Kier alpha value is -4.42. The van der Waals surface area contributed by atoms with Crippen molar-refractivity contribution in [2.24, 2.45) is 0 Å². The van der Waals surface area contributed by atoms with Crippen LogP contribution in [0.2, 0.25) is 0 Å². The number of nitrogen functional groups attached to an aromatic ring is 1. The van der Waals surface area contributed by atoms with E-state index in [0.29, 0.717) is 27.1 Å². The second-order valence-corrected chi connectivity index (χ2v) is 7.37. The van der Waals surface area contributed by atoms with E-state index in [-0.39, 0.29) is 23.0 Å².